The number of ketones is 1. The summed E-state index contributed by atoms with van der Waals surface area (Å²) in [6, 6.07) is 1.97. The van der Waals surface area contributed by atoms with E-state index in [1.54, 1.807) is 6.92 Å². The second-order valence-corrected chi connectivity index (χ2v) is 12.0. The highest BCUT2D eigenvalue weighted by Gasteiger charge is 2.44. The second kappa shape index (κ2) is 5.43. The molecule has 1 rings (SSSR count). The van der Waals surface area contributed by atoms with Crippen molar-refractivity contribution >= 4 is 14.0 Å². The molecule has 0 saturated carbocycles. The quantitative estimate of drug-likeness (QED) is 0.558. The maximum atomic E-state index is 11.5. The van der Waals surface area contributed by atoms with Crippen LogP contribution in [0.2, 0.25) is 16.6 Å². The highest BCUT2D eigenvalue weighted by molar-refractivity contribution is 6.82. The van der Waals surface area contributed by atoms with Gasteiger partial charge in [-0.2, -0.15) is 0 Å². The summed E-state index contributed by atoms with van der Waals surface area (Å²) in [6.45, 7) is 15.6. The summed E-state index contributed by atoms with van der Waals surface area (Å²) >= 11 is 0. The molecule has 0 spiro atoms. The number of nitrogens with zero attached hydrogens (tertiary/aromatic N) is 1. The van der Waals surface area contributed by atoms with Crippen LogP contribution in [-0.2, 0) is 0 Å². The lowest BCUT2D eigenvalue weighted by molar-refractivity contribution is 0.101. The third kappa shape index (κ3) is 2.33. The van der Waals surface area contributed by atoms with Crippen molar-refractivity contribution in [1.82, 2.24) is 4.23 Å². The number of carbonyl (C=O) groups is 1. The van der Waals surface area contributed by atoms with Crippen LogP contribution >= 0.6 is 0 Å². The van der Waals surface area contributed by atoms with E-state index in [2.05, 4.69) is 58.2 Å². The predicted molar refractivity (Wildman–Crippen MR) is 80.9 cm³/mol. The van der Waals surface area contributed by atoms with Crippen molar-refractivity contribution in [1.29, 1.82) is 0 Å². The fraction of sp³-hybridized carbons (Fsp3) is 0.667. The van der Waals surface area contributed by atoms with Crippen molar-refractivity contribution in [3.8, 4) is 0 Å². The first kappa shape index (κ1) is 15.2. The Labute approximate surface area is 112 Å². The SMILES string of the molecule is CC(=O)c1ccn([Si](C(C)C)(C(C)C)C(C)C)c1. The molecular weight excluding hydrogens is 238 g/mol. The van der Waals surface area contributed by atoms with Crippen LogP contribution in [0.25, 0.3) is 0 Å². The Kier molecular flexibility index (Phi) is 4.59. The first-order valence-electron chi connectivity index (χ1n) is 6.93. The molecule has 0 aromatic carbocycles. The normalized spacial score (nSPS) is 12.8. The Morgan fingerprint density at radius 2 is 1.50 bits per heavy atom. The Balaban J connectivity index is 3.37. The van der Waals surface area contributed by atoms with Crippen molar-refractivity contribution in [2.24, 2.45) is 0 Å². The van der Waals surface area contributed by atoms with Gasteiger partial charge in [0, 0.05) is 11.8 Å². The third-order valence-corrected chi connectivity index (χ3v) is 11.0. The monoisotopic (exact) mass is 265 g/mol. The zero-order valence-corrected chi connectivity index (χ0v) is 13.8. The predicted octanol–water partition coefficient (Wildman–Crippen LogP) is 4.71. The molecule has 0 fully saturated rings. The number of aromatic nitrogens is 1. The van der Waals surface area contributed by atoms with Crippen LogP contribution in [0, 0.1) is 0 Å². The fourth-order valence-corrected chi connectivity index (χ4v) is 10.2. The maximum Gasteiger partial charge on any atom is 0.168 e. The molecule has 3 heteroatoms. The summed E-state index contributed by atoms with van der Waals surface area (Å²) in [7, 11) is -1.66. The summed E-state index contributed by atoms with van der Waals surface area (Å²) < 4.78 is 2.41. The first-order valence-corrected chi connectivity index (χ1v) is 9.11. The van der Waals surface area contributed by atoms with Gasteiger partial charge in [0.15, 0.2) is 14.0 Å². The molecule has 0 aliphatic heterocycles. The molecule has 1 aromatic rings. The summed E-state index contributed by atoms with van der Waals surface area (Å²) in [5, 5.41) is 0. The van der Waals surface area contributed by atoms with Crippen LogP contribution in [0.3, 0.4) is 0 Å². The van der Waals surface area contributed by atoms with E-state index >= 15 is 0 Å². The van der Waals surface area contributed by atoms with Crippen LogP contribution < -0.4 is 0 Å². The molecule has 0 N–H and O–H groups in total. The van der Waals surface area contributed by atoms with Crippen molar-refractivity contribution < 1.29 is 4.79 Å². The highest BCUT2D eigenvalue weighted by atomic mass is 28.3. The van der Waals surface area contributed by atoms with Gasteiger partial charge >= 0.3 is 0 Å². The molecule has 0 aliphatic rings. The molecule has 102 valence electrons. The summed E-state index contributed by atoms with van der Waals surface area (Å²) in [6.07, 6.45) is 4.21. The Morgan fingerprint density at radius 3 is 1.78 bits per heavy atom. The maximum absolute atomic E-state index is 11.5. The van der Waals surface area contributed by atoms with Gasteiger partial charge < -0.3 is 4.23 Å². The molecule has 0 unspecified atom stereocenters. The van der Waals surface area contributed by atoms with Gasteiger partial charge in [0.05, 0.1) is 0 Å². The van der Waals surface area contributed by atoms with E-state index in [0.29, 0.717) is 16.6 Å². The van der Waals surface area contributed by atoms with Crippen molar-refractivity contribution in [3.63, 3.8) is 0 Å². The molecule has 0 bridgehead atoms. The number of carbonyl (C=O) groups excluding carboxylic acids is 1. The van der Waals surface area contributed by atoms with Gasteiger partial charge in [0.2, 0.25) is 0 Å². The van der Waals surface area contributed by atoms with Gasteiger partial charge in [-0.25, -0.2) is 0 Å². The number of Topliss-reactive ketones (excluding diaryl/α,β-unsaturated/α-hetero) is 1. The lowest BCUT2D eigenvalue weighted by Gasteiger charge is -2.44. The van der Waals surface area contributed by atoms with E-state index in [0.717, 1.165) is 5.56 Å². The largest absolute Gasteiger partial charge is 0.379 e. The zero-order valence-electron chi connectivity index (χ0n) is 12.8. The Hall–Kier alpha value is -0.833. The van der Waals surface area contributed by atoms with Crippen LogP contribution in [-0.4, -0.2) is 18.3 Å². The van der Waals surface area contributed by atoms with Crippen molar-refractivity contribution in [2.75, 3.05) is 0 Å². The highest BCUT2D eigenvalue weighted by Crippen LogP contribution is 2.42. The molecule has 18 heavy (non-hydrogen) atoms. The van der Waals surface area contributed by atoms with Crippen LogP contribution in [0.4, 0.5) is 0 Å². The minimum atomic E-state index is -1.66. The average Bonchev–Trinajstić information content (AvgIpc) is 2.66. The molecule has 0 aliphatic carbocycles. The number of hydrogen-bond acceptors (Lipinski definition) is 1. The van der Waals surface area contributed by atoms with Crippen LogP contribution in [0.1, 0.15) is 58.8 Å². The third-order valence-electron chi connectivity index (χ3n) is 4.32. The van der Waals surface area contributed by atoms with Gasteiger partial charge in [-0.05, 0) is 35.8 Å². The molecule has 1 heterocycles. The fourth-order valence-electron chi connectivity index (χ4n) is 3.74. The molecule has 0 saturated heterocycles. The van der Waals surface area contributed by atoms with Gasteiger partial charge in [0.1, 0.15) is 0 Å². The summed E-state index contributed by atoms with van der Waals surface area (Å²) in [4.78, 5) is 11.5. The van der Waals surface area contributed by atoms with E-state index in [1.165, 1.54) is 0 Å². The van der Waals surface area contributed by atoms with Crippen LogP contribution in [0.15, 0.2) is 18.5 Å². The minimum Gasteiger partial charge on any atom is -0.379 e. The van der Waals surface area contributed by atoms with E-state index < -0.39 is 8.24 Å². The number of hydrogen-bond donors (Lipinski definition) is 0. The smallest absolute Gasteiger partial charge is 0.168 e. The molecule has 1 aromatic heterocycles. The standard InChI is InChI=1S/C15H27NOSi/c1-11(2)18(12(3)4,13(5)6)16-9-8-15(10-16)14(7)17/h8-13H,1-7H3. The van der Waals surface area contributed by atoms with E-state index in [4.69, 9.17) is 0 Å². The average molecular weight is 265 g/mol. The van der Waals surface area contributed by atoms with Gasteiger partial charge in [0.25, 0.3) is 0 Å². The lowest BCUT2D eigenvalue weighted by Crippen LogP contribution is -2.51. The van der Waals surface area contributed by atoms with Crippen molar-refractivity contribution in [3.05, 3.63) is 24.0 Å². The molecular formula is C15H27NOSi. The Bertz CT molecular complexity index is 396. The van der Waals surface area contributed by atoms with Crippen molar-refractivity contribution in [2.45, 2.75) is 65.1 Å². The molecule has 0 radical (unpaired) electrons. The lowest BCUT2D eigenvalue weighted by atomic mass is 10.2. The van der Waals surface area contributed by atoms with E-state index in [-0.39, 0.29) is 5.78 Å². The number of rotatable bonds is 5. The topological polar surface area (TPSA) is 22.0 Å². The molecule has 2 nitrogen and oxygen atoms in total. The van der Waals surface area contributed by atoms with Crippen LogP contribution in [0.5, 0.6) is 0 Å². The minimum absolute atomic E-state index is 0.160. The van der Waals surface area contributed by atoms with Gasteiger partial charge in [-0.15, -0.1) is 0 Å². The van der Waals surface area contributed by atoms with E-state index in [1.807, 2.05) is 6.07 Å². The summed E-state index contributed by atoms with van der Waals surface area (Å²) in [5.41, 5.74) is 2.81. The summed E-state index contributed by atoms with van der Waals surface area (Å²) in [5.74, 6) is 0.160. The molecule has 0 amide bonds. The van der Waals surface area contributed by atoms with Gasteiger partial charge in [-0.3, -0.25) is 4.79 Å². The Morgan fingerprint density at radius 1 is 1.06 bits per heavy atom. The zero-order chi connectivity index (χ0) is 14.1. The second-order valence-electron chi connectivity index (χ2n) is 6.22. The molecule has 0 atom stereocenters. The van der Waals surface area contributed by atoms with E-state index in [9.17, 15) is 4.79 Å². The first-order chi connectivity index (χ1) is 8.24. The van der Waals surface area contributed by atoms with Gasteiger partial charge in [-0.1, -0.05) is 41.5 Å².